The van der Waals surface area contributed by atoms with Gasteiger partial charge in [-0.1, -0.05) is 18.2 Å². The third kappa shape index (κ3) is 4.60. The minimum atomic E-state index is -0.585. The van der Waals surface area contributed by atoms with E-state index in [1.807, 2.05) is 37.3 Å². The molecule has 29 heavy (non-hydrogen) atoms. The van der Waals surface area contributed by atoms with Crippen LogP contribution in [0.2, 0.25) is 0 Å². The summed E-state index contributed by atoms with van der Waals surface area (Å²) in [6.07, 6.45) is 0.201. The second-order valence-electron chi connectivity index (χ2n) is 6.46. The molecular formula is C21H19N3O4S. The van der Waals surface area contributed by atoms with Crippen molar-refractivity contribution < 1.29 is 19.1 Å². The summed E-state index contributed by atoms with van der Waals surface area (Å²) in [5.74, 6) is 1.35. The summed E-state index contributed by atoms with van der Waals surface area (Å²) in [7, 11) is 0. The lowest BCUT2D eigenvalue weighted by atomic mass is 10.1. The number of ether oxygens (including phenoxy) is 2. The predicted molar refractivity (Wildman–Crippen MR) is 112 cm³/mol. The summed E-state index contributed by atoms with van der Waals surface area (Å²) in [6.45, 7) is 2.20. The van der Waals surface area contributed by atoms with Gasteiger partial charge in [0.15, 0.2) is 11.5 Å². The minimum absolute atomic E-state index is 0.159. The standard InChI is InChI=1S/C21H19N3O4S/c1-13-10-20(23-16-5-3-2-4-15(13)16)29-9-8-19(25)24-21(26)22-14-6-7-17-18(11-14)28-12-27-17/h2-7,10-11H,8-9,12H2,1H3,(H2,22,24,25,26). The summed E-state index contributed by atoms with van der Waals surface area (Å²) in [5, 5.41) is 6.92. The maximum atomic E-state index is 12.1. The summed E-state index contributed by atoms with van der Waals surface area (Å²) in [4.78, 5) is 28.7. The van der Waals surface area contributed by atoms with E-state index in [2.05, 4.69) is 15.6 Å². The van der Waals surface area contributed by atoms with Crippen LogP contribution in [0.4, 0.5) is 10.5 Å². The highest BCUT2D eigenvalue weighted by atomic mass is 32.2. The largest absolute Gasteiger partial charge is 0.454 e. The zero-order valence-corrected chi connectivity index (χ0v) is 16.5. The number of benzene rings is 2. The quantitative estimate of drug-likeness (QED) is 0.617. The first kappa shape index (κ1) is 19.1. The Balaban J connectivity index is 1.26. The molecule has 7 nitrogen and oxygen atoms in total. The number of anilines is 1. The molecule has 0 saturated carbocycles. The number of urea groups is 1. The Kier molecular flexibility index (Phi) is 5.53. The van der Waals surface area contributed by atoms with Crippen molar-refractivity contribution in [3.05, 3.63) is 54.1 Å². The van der Waals surface area contributed by atoms with Crippen molar-refractivity contribution in [2.75, 3.05) is 17.9 Å². The Labute approximate surface area is 171 Å². The maximum absolute atomic E-state index is 12.1. The number of nitrogens with zero attached hydrogens (tertiary/aromatic N) is 1. The van der Waals surface area contributed by atoms with Gasteiger partial charge in [-0.15, -0.1) is 11.8 Å². The van der Waals surface area contributed by atoms with Crippen molar-refractivity contribution in [3.8, 4) is 11.5 Å². The number of imide groups is 1. The third-order valence-corrected chi connectivity index (χ3v) is 5.28. The number of aromatic nitrogens is 1. The molecule has 0 bridgehead atoms. The van der Waals surface area contributed by atoms with E-state index in [0.29, 0.717) is 22.9 Å². The Bertz CT molecular complexity index is 1090. The van der Waals surface area contributed by atoms with Crippen molar-refractivity contribution >= 4 is 40.3 Å². The smallest absolute Gasteiger partial charge is 0.325 e. The van der Waals surface area contributed by atoms with E-state index in [1.165, 1.54) is 11.8 Å². The maximum Gasteiger partial charge on any atom is 0.325 e. The monoisotopic (exact) mass is 409 g/mol. The first-order chi connectivity index (χ1) is 14.1. The van der Waals surface area contributed by atoms with Crippen molar-refractivity contribution in [1.82, 2.24) is 10.3 Å². The van der Waals surface area contributed by atoms with E-state index in [4.69, 9.17) is 9.47 Å². The van der Waals surface area contributed by atoms with E-state index >= 15 is 0 Å². The molecule has 148 valence electrons. The van der Waals surface area contributed by atoms with Gasteiger partial charge in [-0.3, -0.25) is 10.1 Å². The molecule has 1 aliphatic rings. The molecule has 2 heterocycles. The zero-order valence-electron chi connectivity index (χ0n) is 15.7. The van der Waals surface area contributed by atoms with Gasteiger partial charge in [-0.2, -0.15) is 0 Å². The van der Waals surface area contributed by atoms with Gasteiger partial charge in [0.05, 0.1) is 10.5 Å². The van der Waals surface area contributed by atoms with Crippen molar-refractivity contribution in [2.45, 2.75) is 18.4 Å². The van der Waals surface area contributed by atoms with Crippen LogP contribution in [0.25, 0.3) is 10.9 Å². The Morgan fingerprint density at radius 2 is 1.93 bits per heavy atom. The van der Waals surface area contributed by atoms with Crippen molar-refractivity contribution in [2.24, 2.45) is 0 Å². The van der Waals surface area contributed by atoms with Crippen LogP contribution in [0, 0.1) is 6.92 Å². The van der Waals surface area contributed by atoms with Crippen molar-refractivity contribution in [3.63, 3.8) is 0 Å². The molecule has 0 radical (unpaired) electrons. The van der Waals surface area contributed by atoms with Gasteiger partial charge < -0.3 is 14.8 Å². The van der Waals surface area contributed by atoms with Gasteiger partial charge >= 0.3 is 6.03 Å². The molecular weight excluding hydrogens is 390 g/mol. The molecule has 8 heteroatoms. The van der Waals surface area contributed by atoms with Crippen molar-refractivity contribution in [1.29, 1.82) is 0 Å². The van der Waals surface area contributed by atoms with Crippen LogP contribution < -0.4 is 20.1 Å². The molecule has 3 aromatic rings. The van der Waals surface area contributed by atoms with Gasteiger partial charge in [-0.05, 0) is 36.8 Å². The number of pyridine rings is 1. The average Bonchev–Trinajstić information content (AvgIpc) is 3.16. The number of thioether (sulfide) groups is 1. The first-order valence-corrected chi connectivity index (χ1v) is 10.1. The molecule has 0 saturated heterocycles. The number of carbonyl (C=O) groups excluding carboxylic acids is 2. The average molecular weight is 409 g/mol. The van der Waals surface area contributed by atoms with E-state index in [1.54, 1.807) is 18.2 Å². The number of aryl methyl sites for hydroxylation is 1. The number of fused-ring (bicyclic) bond motifs is 2. The van der Waals surface area contributed by atoms with Crippen LogP contribution in [0.15, 0.2) is 53.6 Å². The van der Waals surface area contributed by atoms with Crippen LogP contribution in [0.3, 0.4) is 0 Å². The van der Waals surface area contributed by atoms with Gasteiger partial charge in [0, 0.05) is 29.3 Å². The van der Waals surface area contributed by atoms with E-state index in [0.717, 1.165) is 21.5 Å². The number of rotatable bonds is 5. The molecule has 2 aromatic carbocycles. The lowest BCUT2D eigenvalue weighted by Gasteiger charge is -2.08. The van der Waals surface area contributed by atoms with Gasteiger partial charge in [0.25, 0.3) is 0 Å². The number of carbonyl (C=O) groups is 2. The molecule has 0 atom stereocenters. The fourth-order valence-electron chi connectivity index (χ4n) is 2.97. The fourth-order valence-corrected chi connectivity index (χ4v) is 3.89. The topological polar surface area (TPSA) is 89.6 Å². The molecule has 0 unspecified atom stereocenters. The minimum Gasteiger partial charge on any atom is -0.454 e. The molecule has 1 aromatic heterocycles. The van der Waals surface area contributed by atoms with E-state index in [9.17, 15) is 9.59 Å². The number of para-hydroxylation sites is 1. The highest BCUT2D eigenvalue weighted by Crippen LogP contribution is 2.34. The van der Waals surface area contributed by atoms with E-state index < -0.39 is 6.03 Å². The van der Waals surface area contributed by atoms with Gasteiger partial charge in [-0.25, -0.2) is 9.78 Å². The van der Waals surface area contributed by atoms with Crippen LogP contribution in [-0.4, -0.2) is 29.5 Å². The highest BCUT2D eigenvalue weighted by molar-refractivity contribution is 7.99. The number of hydrogen-bond donors (Lipinski definition) is 2. The molecule has 4 rings (SSSR count). The Morgan fingerprint density at radius 1 is 1.10 bits per heavy atom. The van der Waals surface area contributed by atoms with Crippen LogP contribution >= 0.6 is 11.8 Å². The van der Waals surface area contributed by atoms with Crippen LogP contribution in [-0.2, 0) is 4.79 Å². The second-order valence-corrected chi connectivity index (χ2v) is 7.58. The zero-order chi connectivity index (χ0) is 20.2. The lowest BCUT2D eigenvalue weighted by molar-refractivity contribution is -0.119. The second kappa shape index (κ2) is 8.40. The molecule has 0 spiro atoms. The molecule has 2 N–H and O–H groups in total. The SMILES string of the molecule is Cc1cc(SCCC(=O)NC(=O)Nc2ccc3c(c2)OCO3)nc2ccccc12. The summed E-state index contributed by atoms with van der Waals surface area (Å²) in [5.41, 5.74) is 2.60. The molecule has 3 amide bonds. The van der Waals surface area contributed by atoms with Crippen LogP contribution in [0.1, 0.15) is 12.0 Å². The number of hydrogen-bond acceptors (Lipinski definition) is 6. The number of amides is 3. The Hall–Kier alpha value is -3.26. The van der Waals surface area contributed by atoms with Gasteiger partial charge in [0.2, 0.25) is 12.7 Å². The summed E-state index contributed by atoms with van der Waals surface area (Å²) >= 11 is 1.49. The highest BCUT2D eigenvalue weighted by Gasteiger charge is 2.15. The molecule has 0 aliphatic carbocycles. The van der Waals surface area contributed by atoms with Crippen LogP contribution in [0.5, 0.6) is 11.5 Å². The summed E-state index contributed by atoms with van der Waals surface area (Å²) in [6, 6.07) is 14.4. The Morgan fingerprint density at radius 3 is 2.83 bits per heavy atom. The predicted octanol–water partition coefficient (Wildman–Crippen LogP) is 4.10. The molecule has 1 aliphatic heterocycles. The first-order valence-electron chi connectivity index (χ1n) is 9.08. The van der Waals surface area contributed by atoms with Gasteiger partial charge in [0.1, 0.15) is 0 Å². The number of nitrogens with one attached hydrogen (secondary N) is 2. The normalized spacial score (nSPS) is 12.0. The molecule has 0 fully saturated rings. The lowest BCUT2D eigenvalue weighted by Crippen LogP contribution is -2.34. The van der Waals surface area contributed by atoms with E-state index in [-0.39, 0.29) is 19.1 Å². The third-order valence-electron chi connectivity index (χ3n) is 4.36. The fraction of sp³-hybridized carbons (Fsp3) is 0.190. The summed E-state index contributed by atoms with van der Waals surface area (Å²) < 4.78 is 10.5.